The molecule has 9 rings (SSSR count). The second-order valence-corrected chi connectivity index (χ2v) is 13.6. The molecule has 0 spiro atoms. The summed E-state index contributed by atoms with van der Waals surface area (Å²) >= 11 is 0. The highest BCUT2D eigenvalue weighted by Crippen LogP contribution is 2.39. The number of rotatable bonds is 8. The standard InChI is InChI=1S/C52H37N3/c53-51(40-25-14-5-15-26-40)50(39-23-12-4-13-24-39)52-46-30-29-42(32-45(46)35-48(55-52)38-21-10-3-11-22-38)44-33-47(37-19-8-2-9-20-37)54-49(34-44)43-28-16-27-41(31-43)36-17-6-1-7-18-36/h1-35,53,55H/b52-50-,53-51?. The molecule has 0 fully saturated rings. The molecule has 0 radical (unpaired) electrons. The summed E-state index contributed by atoms with van der Waals surface area (Å²) in [7, 11) is 0. The maximum Gasteiger partial charge on any atom is 0.0715 e. The van der Waals surface area contributed by atoms with E-state index in [1.165, 1.54) is 5.56 Å². The van der Waals surface area contributed by atoms with Gasteiger partial charge in [-0.2, -0.15) is 0 Å². The van der Waals surface area contributed by atoms with Crippen LogP contribution in [-0.4, -0.2) is 10.7 Å². The highest BCUT2D eigenvalue weighted by Gasteiger charge is 2.24. The zero-order chi connectivity index (χ0) is 37.0. The molecule has 2 heterocycles. The maximum atomic E-state index is 9.61. The van der Waals surface area contributed by atoms with Crippen LogP contribution in [-0.2, 0) is 0 Å². The van der Waals surface area contributed by atoms with Gasteiger partial charge in [-0.1, -0.05) is 182 Å². The minimum absolute atomic E-state index is 0.461. The second kappa shape index (κ2) is 14.9. The van der Waals surface area contributed by atoms with Crippen LogP contribution in [0, 0.1) is 5.41 Å². The Morgan fingerprint density at radius 1 is 0.400 bits per heavy atom. The zero-order valence-corrected chi connectivity index (χ0v) is 30.2. The van der Waals surface area contributed by atoms with E-state index in [0.717, 1.165) is 84.0 Å². The summed E-state index contributed by atoms with van der Waals surface area (Å²) in [6.45, 7) is 0. The first-order chi connectivity index (χ1) is 27.2. The van der Waals surface area contributed by atoms with Crippen LogP contribution in [0.3, 0.4) is 0 Å². The number of allylic oxidation sites excluding steroid dienone is 1. The summed E-state index contributed by atoms with van der Waals surface area (Å²) in [4.78, 5) is 5.24. The van der Waals surface area contributed by atoms with E-state index in [4.69, 9.17) is 4.98 Å². The van der Waals surface area contributed by atoms with Gasteiger partial charge in [-0.25, -0.2) is 4.98 Å². The van der Waals surface area contributed by atoms with Crippen molar-refractivity contribution in [2.45, 2.75) is 0 Å². The molecule has 0 amide bonds. The molecular formula is C52H37N3. The van der Waals surface area contributed by atoms with Crippen LogP contribution >= 0.6 is 0 Å². The normalized spacial score (nSPS) is 12.9. The van der Waals surface area contributed by atoms with Crippen molar-refractivity contribution in [2.24, 2.45) is 0 Å². The minimum Gasteiger partial charge on any atom is -0.354 e. The molecule has 3 nitrogen and oxygen atoms in total. The van der Waals surface area contributed by atoms with Crippen molar-refractivity contribution >= 4 is 28.8 Å². The van der Waals surface area contributed by atoms with E-state index in [9.17, 15) is 5.41 Å². The Hall–Kier alpha value is -7.36. The molecule has 1 aliphatic rings. The summed E-state index contributed by atoms with van der Waals surface area (Å²) in [5.74, 6) is 0. The lowest BCUT2D eigenvalue weighted by Gasteiger charge is -2.27. The van der Waals surface area contributed by atoms with Crippen molar-refractivity contribution < 1.29 is 0 Å². The molecule has 0 bridgehead atoms. The number of pyridine rings is 1. The largest absolute Gasteiger partial charge is 0.354 e. The van der Waals surface area contributed by atoms with Gasteiger partial charge in [0.1, 0.15) is 0 Å². The quantitative estimate of drug-likeness (QED) is 0.155. The van der Waals surface area contributed by atoms with Crippen LogP contribution in [0.1, 0.15) is 27.8 Å². The first-order valence-electron chi connectivity index (χ1n) is 18.5. The van der Waals surface area contributed by atoms with E-state index in [1.54, 1.807) is 0 Å². The topological polar surface area (TPSA) is 48.8 Å². The van der Waals surface area contributed by atoms with Crippen molar-refractivity contribution in [1.82, 2.24) is 10.3 Å². The van der Waals surface area contributed by atoms with E-state index in [2.05, 4.69) is 151 Å². The molecule has 0 aliphatic carbocycles. The first-order valence-corrected chi connectivity index (χ1v) is 18.5. The Bertz CT molecular complexity index is 2700. The van der Waals surface area contributed by atoms with Crippen LogP contribution < -0.4 is 5.32 Å². The van der Waals surface area contributed by atoms with E-state index < -0.39 is 0 Å². The predicted molar refractivity (Wildman–Crippen MR) is 230 cm³/mol. The van der Waals surface area contributed by atoms with Gasteiger partial charge in [0.25, 0.3) is 0 Å². The molecule has 55 heavy (non-hydrogen) atoms. The monoisotopic (exact) mass is 703 g/mol. The van der Waals surface area contributed by atoms with Crippen molar-refractivity contribution in [3.8, 4) is 44.8 Å². The van der Waals surface area contributed by atoms with E-state index in [0.29, 0.717) is 5.71 Å². The third kappa shape index (κ3) is 6.95. The Balaban J connectivity index is 1.24. The van der Waals surface area contributed by atoms with Crippen LogP contribution in [0.25, 0.3) is 67.8 Å². The molecular weight excluding hydrogens is 667 g/mol. The second-order valence-electron chi connectivity index (χ2n) is 13.6. The van der Waals surface area contributed by atoms with E-state index in [-0.39, 0.29) is 0 Å². The van der Waals surface area contributed by atoms with Gasteiger partial charge in [-0.15, -0.1) is 0 Å². The predicted octanol–water partition coefficient (Wildman–Crippen LogP) is 12.8. The fourth-order valence-electron chi connectivity index (χ4n) is 7.31. The maximum absolute atomic E-state index is 9.61. The van der Waals surface area contributed by atoms with Gasteiger partial charge in [-0.3, -0.25) is 5.41 Å². The zero-order valence-electron chi connectivity index (χ0n) is 30.2. The van der Waals surface area contributed by atoms with Gasteiger partial charge in [0.15, 0.2) is 0 Å². The molecule has 260 valence electrons. The van der Waals surface area contributed by atoms with Crippen molar-refractivity contribution in [3.05, 3.63) is 234 Å². The molecule has 0 saturated carbocycles. The third-order valence-electron chi connectivity index (χ3n) is 10.1. The number of hydrogen-bond donors (Lipinski definition) is 2. The molecule has 3 heteroatoms. The Kier molecular flexibility index (Phi) is 9.09. The van der Waals surface area contributed by atoms with Gasteiger partial charge < -0.3 is 5.32 Å². The van der Waals surface area contributed by atoms with Gasteiger partial charge in [0, 0.05) is 33.5 Å². The van der Waals surface area contributed by atoms with Gasteiger partial charge in [-0.05, 0) is 69.3 Å². The van der Waals surface area contributed by atoms with Crippen LogP contribution in [0.15, 0.2) is 206 Å². The summed E-state index contributed by atoms with van der Waals surface area (Å²) in [5, 5.41) is 13.4. The van der Waals surface area contributed by atoms with Crippen molar-refractivity contribution in [2.75, 3.05) is 0 Å². The number of fused-ring (bicyclic) bond motifs is 1. The average Bonchev–Trinajstić information content (AvgIpc) is 3.27. The number of hydrogen-bond acceptors (Lipinski definition) is 3. The molecule has 2 N–H and O–H groups in total. The Labute approximate surface area is 322 Å². The molecule has 0 saturated heterocycles. The van der Waals surface area contributed by atoms with Crippen molar-refractivity contribution in [1.29, 1.82) is 5.41 Å². The highest BCUT2D eigenvalue weighted by molar-refractivity contribution is 6.36. The number of nitrogens with zero attached hydrogens (tertiary/aromatic N) is 1. The average molecular weight is 704 g/mol. The van der Waals surface area contributed by atoms with Gasteiger partial charge >= 0.3 is 0 Å². The SMILES string of the molecule is N=C(/C(=C1\NC(c2ccccc2)=Cc2cc(-c3cc(-c4ccccc4)nc(-c4cccc(-c5ccccc5)c4)c3)ccc21)c1ccccc1)c1ccccc1. The Morgan fingerprint density at radius 3 is 1.56 bits per heavy atom. The molecule has 0 atom stereocenters. The smallest absolute Gasteiger partial charge is 0.0715 e. The van der Waals surface area contributed by atoms with Crippen molar-refractivity contribution in [3.63, 3.8) is 0 Å². The lowest BCUT2D eigenvalue weighted by Crippen LogP contribution is -2.20. The first kappa shape index (κ1) is 33.5. The molecule has 7 aromatic carbocycles. The van der Waals surface area contributed by atoms with E-state index in [1.807, 2.05) is 66.7 Å². The fraction of sp³-hybridized carbons (Fsp3) is 0. The lowest BCUT2D eigenvalue weighted by atomic mass is 9.86. The Morgan fingerprint density at radius 2 is 0.909 bits per heavy atom. The van der Waals surface area contributed by atoms with Gasteiger partial charge in [0.2, 0.25) is 0 Å². The number of aromatic nitrogens is 1. The van der Waals surface area contributed by atoms with Crippen LogP contribution in [0.4, 0.5) is 0 Å². The third-order valence-corrected chi connectivity index (χ3v) is 10.1. The number of nitrogens with one attached hydrogen (secondary N) is 2. The summed E-state index contributed by atoms with van der Waals surface area (Å²) in [5.41, 5.74) is 16.7. The summed E-state index contributed by atoms with van der Waals surface area (Å²) in [6.07, 6.45) is 2.23. The molecule has 1 aromatic heterocycles. The summed E-state index contributed by atoms with van der Waals surface area (Å²) < 4.78 is 0. The fourth-order valence-corrected chi connectivity index (χ4v) is 7.31. The lowest BCUT2D eigenvalue weighted by molar-refractivity contribution is 1.22. The van der Waals surface area contributed by atoms with Crippen LogP contribution in [0.2, 0.25) is 0 Å². The van der Waals surface area contributed by atoms with Gasteiger partial charge in [0.05, 0.1) is 22.8 Å². The van der Waals surface area contributed by atoms with Crippen LogP contribution in [0.5, 0.6) is 0 Å². The molecule has 1 aliphatic heterocycles. The molecule has 0 unspecified atom stereocenters. The highest BCUT2D eigenvalue weighted by atomic mass is 14.9. The molecule has 8 aromatic rings. The number of benzene rings is 7. The minimum atomic E-state index is 0.461. The van der Waals surface area contributed by atoms with E-state index >= 15 is 0 Å². The summed E-state index contributed by atoms with van der Waals surface area (Å²) in [6, 6.07) is 71.3.